The molecule has 1 aliphatic rings. The van der Waals surface area contributed by atoms with Crippen LogP contribution in [0.3, 0.4) is 0 Å². The Balaban J connectivity index is 1.47. The predicted molar refractivity (Wildman–Crippen MR) is 128 cm³/mol. The van der Waals surface area contributed by atoms with E-state index in [1.54, 1.807) is 4.90 Å². The van der Waals surface area contributed by atoms with Crippen LogP contribution in [0.1, 0.15) is 21.6 Å². The van der Waals surface area contributed by atoms with Crippen molar-refractivity contribution in [2.24, 2.45) is 0 Å². The number of anilines is 1. The number of benzene rings is 2. The number of rotatable bonds is 5. The number of carbonyl (C=O) groups excluding carboxylic acids is 2. The first-order valence-electron chi connectivity index (χ1n) is 10.8. The molecule has 33 heavy (non-hydrogen) atoms. The van der Waals surface area contributed by atoms with Crippen molar-refractivity contribution in [3.63, 3.8) is 0 Å². The Morgan fingerprint density at radius 3 is 2.58 bits per heavy atom. The molecule has 0 atom stereocenters. The van der Waals surface area contributed by atoms with E-state index in [0.29, 0.717) is 48.1 Å². The van der Waals surface area contributed by atoms with Gasteiger partial charge in [-0.05, 0) is 30.2 Å². The molecule has 168 valence electrons. The van der Waals surface area contributed by atoms with Gasteiger partial charge in [0, 0.05) is 23.4 Å². The maximum atomic E-state index is 13.5. The molecule has 0 aliphatic carbocycles. The number of nitrogens with zero attached hydrogens (tertiary/aromatic N) is 2. The van der Waals surface area contributed by atoms with Crippen LogP contribution in [0, 0.1) is 6.92 Å². The van der Waals surface area contributed by atoms with E-state index in [0.717, 1.165) is 21.4 Å². The summed E-state index contributed by atoms with van der Waals surface area (Å²) in [5.74, 6) is -0.331. The van der Waals surface area contributed by atoms with Crippen LogP contribution in [0.25, 0.3) is 21.4 Å². The molecule has 1 aliphatic heterocycles. The monoisotopic (exact) mass is 461 g/mol. The summed E-state index contributed by atoms with van der Waals surface area (Å²) in [6, 6.07) is 17.3. The fourth-order valence-electron chi connectivity index (χ4n) is 4.04. The standard InChI is InChI=1S/C25H23N3O4S/c1-16-22(25(30)28-11-13-31-14-12-28)24(33-23(16)17-7-3-2-4-8-17)26-21(29)15-19-18-9-5-6-10-20(18)32-27-19/h2-10H,11-15H2,1H3,(H,26,29). The average Bonchev–Trinajstić information content (AvgIpc) is 3.40. The Morgan fingerprint density at radius 2 is 1.79 bits per heavy atom. The lowest BCUT2D eigenvalue weighted by Crippen LogP contribution is -2.41. The van der Waals surface area contributed by atoms with Gasteiger partial charge in [-0.2, -0.15) is 0 Å². The first kappa shape index (κ1) is 21.4. The summed E-state index contributed by atoms with van der Waals surface area (Å²) in [7, 11) is 0. The quantitative estimate of drug-likeness (QED) is 0.472. The van der Waals surface area contributed by atoms with Crippen LogP contribution < -0.4 is 5.32 Å². The Labute approximate surface area is 194 Å². The molecule has 1 fully saturated rings. The largest absolute Gasteiger partial charge is 0.378 e. The number of thiophene rings is 1. The van der Waals surface area contributed by atoms with Crippen LogP contribution in [-0.2, 0) is 16.0 Å². The van der Waals surface area contributed by atoms with Crippen LogP contribution >= 0.6 is 11.3 Å². The SMILES string of the molecule is Cc1c(-c2ccccc2)sc(NC(=O)Cc2noc3ccccc23)c1C(=O)N1CCOCC1. The van der Waals surface area contributed by atoms with E-state index >= 15 is 0 Å². The van der Waals surface area contributed by atoms with Gasteiger partial charge in [-0.15, -0.1) is 11.3 Å². The van der Waals surface area contributed by atoms with Crippen LogP contribution in [0.2, 0.25) is 0 Å². The molecule has 5 rings (SSSR count). The number of morpholine rings is 1. The third kappa shape index (κ3) is 4.27. The molecule has 1 saturated heterocycles. The van der Waals surface area contributed by atoms with Crippen LogP contribution in [0.4, 0.5) is 5.00 Å². The molecule has 4 aromatic rings. The number of fused-ring (bicyclic) bond motifs is 1. The molecule has 0 spiro atoms. The second kappa shape index (κ2) is 9.17. The number of hydrogen-bond donors (Lipinski definition) is 1. The zero-order valence-electron chi connectivity index (χ0n) is 18.2. The maximum Gasteiger partial charge on any atom is 0.257 e. The molecular formula is C25H23N3O4S. The minimum absolute atomic E-state index is 0.0554. The molecule has 1 N–H and O–H groups in total. The van der Waals surface area contributed by atoms with Crippen LogP contribution in [0.15, 0.2) is 59.1 Å². The summed E-state index contributed by atoms with van der Waals surface area (Å²) in [5.41, 5.74) is 3.63. The predicted octanol–water partition coefficient (Wildman–Crippen LogP) is 4.52. The van der Waals surface area contributed by atoms with Crippen LogP contribution in [0.5, 0.6) is 0 Å². The number of ether oxygens (including phenoxy) is 1. The highest BCUT2D eigenvalue weighted by Gasteiger charge is 2.28. The second-order valence-electron chi connectivity index (χ2n) is 7.88. The van der Waals surface area contributed by atoms with Gasteiger partial charge < -0.3 is 19.5 Å². The zero-order valence-corrected chi connectivity index (χ0v) is 19.0. The van der Waals surface area contributed by atoms with E-state index in [1.807, 2.05) is 61.5 Å². The molecule has 0 saturated carbocycles. The zero-order chi connectivity index (χ0) is 22.8. The molecule has 8 heteroatoms. The molecule has 0 bridgehead atoms. The van der Waals surface area contributed by atoms with Gasteiger partial charge in [0.1, 0.15) is 10.7 Å². The third-order valence-corrected chi connectivity index (χ3v) is 6.98. The lowest BCUT2D eigenvalue weighted by Gasteiger charge is -2.27. The van der Waals surface area contributed by atoms with E-state index in [1.165, 1.54) is 11.3 Å². The van der Waals surface area contributed by atoms with Crippen molar-refractivity contribution >= 4 is 39.1 Å². The van der Waals surface area contributed by atoms with E-state index in [9.17, 15) is 9.59 Å². The summed E-state index contributed by atoms with van der Waals surface area (Å²) in [6.45, 7) is 4.04. The van der Waals surface area contributed by atoms with E-state index < -0.39 is 0 Å². The van der Waals surface area contributed by atoms with Crippen molar-refractivity contribution < 1.29 is 18.8 Å². The first-order valence-corrected chi connectivity index (χ1v) is 11.6. The number of aromatic nitrogens is 1. The second-order valence-corrected chi connectivity index (χ2v) is 8.90. The van der Waals surface area contributed by atoms with Gasteiger partial charge in [0.05, 0.1) is 25.2 Å². The minimum Gasteiger partial charge on any atom is -0.378 e. The van der Waals surface area contributed by atoms with E-state index in [2.05, 4.69) is 10.5 Å². The van der Waals surface area contributed by atoms with Gasteiger partial charge >= 0.3 is 0 Å². The molecule has 0 unspecified atom stereocenters. The van der Waals surface area contributed by atoms with E-state index in [-0.39, 0.29) is 18.2 Å². The first-order chi connectivity index (χ1) is 16.1. The van der Waals surface area contributed by atoms with Crippen molar-refractivity contribution in [1.29, 1.82) is 0 Å². The lowest BCUT2D eigenvalue weighted by molar-refractivity contribution is -0.115. The van der Waals surface area contributed by atoms with Crippen molar-refractivity contribution in [1.82, 2.24) is 10.1 Å². The summed E-state index contributed by atoms with van der Waals surface area (Å²) < 4.78 is 10.7. The third-order valence-electron chi connectivity index (χ3n) is 5.73. The van der Waals surface area contributed by atoms with Gasteiger partial charge in [0.2, 0.25) is 5.91 Å². The van der Waals surface area contributed by atoms with E-state index in [4.69, 9.17) is 9.26 Å². The molecule has 2 amide bonds. The van der Waals surface area contributed by atoms with Crippen LogP contribution in [-0.4, -0.2) is 48.2 Å². The number of carbonyl (C=O) groups is 2. The number of para-hydroxylation sites is 1. The van der Waals surface area contributed by atoms with Gasteiger partial charge in [0.25, 0.3) is 5.91 Å². The van der Waals surface area contributed by atoms with Gasteiger partial charge in [-0.3, -0.25) is 9.59 Å². The molecule has 2 aromatic heterocycles. The molecule has 3 heterocycles. The summed E-state index contributed by atoms with van der Waals surface area (Å²) in [5, 5.41) is 8.41. The van der Waals surface area contributed by atoms with Crippen molar-refractivity contribution in [2.75, 3.05) is 31.6 Å². The molecular weight excluding hydrogens is 438 g/mol. The smallest absolute Gasteiger partial charge is 0.257 e. The summed E-state index contributed by atoms with van der Waals surface area (Å²) in [4.78, 5) is 29.2. The average molecular weight is 462 g/mol. The number of amides is 2. The normalized spacial score (nSPS) is 13.9. The lowest BCUT2D eigenvalue weighted by atomic mass is 10.1. The highest BCUT2D eigenvalue weighted by molar-refractivity contribution is 7.20. The topological polar surface area (TPSA) is 84.7 Å². The van der Waals surface area contributed by atoms with Crippen molar-refractivity contribution in [2.45, 2.75) is 13.3 Å². The Morgan fingerprint density at radius 1 is 1.06 bits per heavy atom. The maximum absolute atomic E-state index is 13.5. The fourth-order valence-corrected chi connectivity index (χ4v) is 5.26. The van der Waals surface area contributed by atoms with Crippen molar-refractivity contribution in [3.05, 3.63) is 71.4 Å². The highest BCUT2D eigenvalue weighted by atomic mass is 32.1. The Bertz CT molecular complexity index is 1310. The molecule has 7 nitrogen and oxygen atoms in total. The Kier molecular flexibility index (Phi) is 5.93. The summed E-state index contributed by atoms with van der Waals surface area (Å²) >= 11 is 1.42. The minimum atomic E-state index is -0.244. The summed E-state index contributed by atoms with van der Waals surface area (Å²) in [6.07, 6.45) is 0.0554. The Hall–Kier alpha value is -3.49. The molecule has 2 aromatic carbocycles. The molecule has 0 radical (unpaired) electrons. The number of hydrogen-bond acceptors (Lipinski definition) is 6. The number of nitrogens with one attached hydrogen (secondary N) is 1. The highest BCUT2D eigenvalue weighted by Crippen LogP contribution is 2.40. The van der Waals surface area contributed by atoms with Crippen molar-refractivity contribution in [3.8, 4) is 10.4 Å². The van der Waals surface area contributed by atoms with Gasteiger partial charge in [-0.1, -0.05) is 47.6 Å². The van der Waals surface area contributed by atoms with Gasteiger partial charge in [-0.25, -0.2) is 0 Å². The van der Waals surface area contributed by atoms with Gasteiger partial charge in [0.15, 0.2) is 5.58 Å². The fraction of sp³-hybridized carbons (Fsp3) is 0.240.